The number of anilines is 1. The zero-order chi connectivity index (χ0) is 22.2. The largest absolute Gasteiger partial charge is 0.484 e. The van der Waals surface area contributed by atoms with Crippen molar-refractivity contribution in [2.45, 2.75) is 18.4 Å². The highest BCUT2D eigenvalue weighted by molar-refractivity contribution is 6.42. The van der Waals surface area contributed by atoms with Gasteiger partial charge in [-0.05, 0) is 49.1 Å². The van der Waals surface area contributed by atoms with Crippen LogP contribution in [0.15, 0.2) is 36.4 Å². The maximum absolute atomic E-state index is 13.4. The van der Waals surface area contributed by atoms with E-state index in [4.69, 9.17) is 44.3 Å². The molecule has 164 valence electrons. The molecule has 2 fully saturated rings. The number of rotatable bonds is 7. The first-order valence-corrected chi connectivity index (χ1v) is 10.7. The minimum Gasteiger partial charge on any atom is -0.484 e. The lowest BCUT2D eigenvalue weighted by molar-refractivity contribution is -0.125. The molecule has 2 amide bonds. The SMILES string of the molecule is O=C(COc1ccc(Cl)c(F)c1)NC12CC(COC(=O)Nc3ccc(Cl)c(Cl)c3)C1C2. The predicted octanol–water partition coefficient (Wildman–Crippen LogP) is 5.31. The number of ether oxygens (including phenoxy) is 2. The van der Waals surface area contributed by atoms with Crippen LogP contribution in [0, 0.1) is 17.7 Å². The van der Waals surface area contributed by atoms with Gasteiger partial charge in [0.1, 0.15) is 11.6 Å². The summed E-state index contributed by atoms with van der Waals surface area (Å²) in [6.07, 6.45) is 0.972. The quantitative estimate of drug-likeness (QED) is 0.555. The van der Waals surface area contributed by atoms with Gasteiger partial charge in [0.2, 0.25) is 0 Å². The Labute approximate surface area is 192 Å². The van der Waals surface area contributed by atoms with Gasteiger partial charge in [-0.1, -0.05) is 34.8 Å². The zero-order valence-electron chi connectivity index (χ0n) is 16.1. The highest BCUT2D eigenvalue weighted by atomic mass is 35.5. The fraction of sp³-hybridized carbons (Fsp3) is 0.333. The summed E-state index contributed by atoms with van der Waals surface area (Å²) in [4.78, 5) is 24.1. The lowest BCUT2D eigenvalue weighted by Gasteiger charge is -2.34. The van der Waals surface area contributed by atoms with Crippen LogP contribution in [0.2, 0.25) is 15.1 Å². The van der Waals surface area contributed by atoms with Crippen molar-refractivity contribution in [3.8, 4) is 5.75 Å². The average Bonchev–Trinajstić information content (AvgIpc) is 3.29. The van der Waals surface area contributed by atoms with Crippen LogP contribution in [-0.4, -0.2) is 30.8 Å². The number of amides is 2. The van der Waals surface area contributed by atoms with Gasteiger partial charge in [0.15, 0.2) is 6.61 Å². The molecule has 2 aliphatic carbocycles. The van der Waals surface area contributed by atoms with Gasteiger partial charge in [0.25, 0.3) is 5.91 Å². The van der Waals surface area contributed by atoms with Crippen LogP contribution in [-0.2, 0) is 9.53 Å². The van der Waals surface area contributed by atoms with Gasteiger partial charge < -0.3 is 14.8 Å². The molecule has 2 saturated carbocycles. The molecular weight excluding hydrogens is 470 g/mol. The Morgan fingerprint density at radius 3 is 2.55 bits per heavy atom. The molecule has 0 saturated heterocycles. The Bertz CT molecular complexity index is 1040. The van der Waals surface area contributed by atoms with Crippen LogP contribution in [0.4, 0.5) is 14.9 Å². The van der Waals surface area contributed by atoms with E-state index in [9.17, 15) is 14.0 Å². The minimum absolute atomic E-state index is 0.00936. The van der Waals surface area contributed by atoms with Crippen LogP contribution in [0.5, 0.6) is 5.75 Å². The van der Waals surface area contributed by atoms with Crippen LogP contribution in [0.3, 0.4) is 0 Å². The van der Waals surface area contributed by atoms with Crippen molar-refractivity contribution in [1.82, 2.24) is 5.32 Å². The molecule has 2 aromatic rings. The molecule has 6 nitrogen and oxygen atoms in total. The Hall–Kier alpha value is -2.22. The normalized spacial score (nSPS) is 23.2. The Morgan fingerprint density at radius 2 is 1.84 bits per heavy atom. The van der Waals surface area contributed by atoms with Gasteiger partial charge in [0, 0.05) is 23.2 Å². The number of carbonyl (C=O) groups is 2. The van der Waals surface area contributed by atoms with Crippen molar-refractivity contribution in [3.63, 3.8) is 0 Å². The van der Waals surface area contributed by atoms with Gasteiger partial charge in [-0.15, -0.1) is 0 Å². The van der Waals surface area contributed by atoms with E-state index in [0.29, 0.717) is 15.7 Å². The predicted molar refractivity (Wildman–Crippen MR) is 115 cm³/mol. The van der Waals surface area contributed by atoms with Crippen molar-refractivity contribution in [2.24, 2.45) is 11.8 Å². The van der Waals surface area contributed by atoms with E-state index in [1.807, 2.05) is 0 Å². The van der Waals surface area contributed by atoms with E-state index in [-0.39, 0.29) is 47.3 Å². The van der Waals surface area contributed by atoms with Gasteiger partial charge in [0.05, 0.1) is 21.7 Å². The van der Waals surface area contributed by atoms with Crippen molar-refractivity contribution >= 4 is 52.5 Å². The molecule has 31 heavy (non-hydrogen) atoms. The van der Waals surface area contributed by atoms with E-state index in [1.165, 1.54) is 18.2 Å². The van der Waals surface area contributed by atoms with E-state index in [1.54, 1.807) is 12.1 Å². The van der Waals surface area contributed by atoms with E-state index < -0.39 is 11.9 Å². The summed E-state index contributed by atoms with van der Waals surface area (Å²) < 4.78 is 24.0. The Morgan fingerprint density at radius 1 is 1.06 bits per heavy atom. The Balaban J connectivity index is 1.16. The fourth-order valence-electron chi connectivity index (χ4n) is 3.95. The molecule has 0 aromatic heterocycles. The fourth-order valence-corrected chi connectivity index (χ4v) is 4.36. The first-order valence-electron chi connectivity index (χ1n) is 9.53. The summed E-state index contributed by atoms with van der Waals surface area (Å²) in [5.74, 6) is -0.205. The van der Waals surface area contributed by atoms with Crippen molar-refractivity contribution in [1.29, 1.82) is 0 Å². The number of carbonyl (C=O) groups excluding carboxylic acids is 2. The maximum Gasteiger partial charge on any atom is 0.411 e. The third kappa shape index (κ3) is 5.00. The molecule has 0 radical (unpaired) electrons. The lowest BCUT2D eigenvalue weighted by Crippen LogP contribution is -2.50. The molecule has 4 rings (SSSR count). The molecule has 0 heterocycles. The Kier molecular flexibility index (Phi) is 6.19. The van der Waals surface area contributed by atoms with Crippen molar-refractivity contribution in [3.05, 3.63) is 57.3 Å². The first-order chi connectivity index (χ1) is 14.8. The zero-order valence-corrected chi connectivity index (χ0v) is 18.4. The number of benzene rings is 2. The number of halogens is 4. The molecular formula is C21H18Cl3FN2O4. The number of hydrogen-bond donors (Lipinski definition) is 2. The smallest absolute Gasteiger partial charge is 0.411 e. The number of fused-ring (bicyclic) bond motifs is 1. The second-order valence-electron chi connectivity index (χ2n) is 7.70. The summed E-state index contributed by atoms with van der Waals surface area (Å²) in [5, 5.41) is 6.29. The average molecular weight is 488 g/mol. The molecule has 3 atom stereocenters. The standard InChI is InChI=1S/C21H18Cl3FN2O4/c22-15-3-1-12(5-17(15)24)26-20(29)31-9-11-7-21(8-14(11)21)27-19(28)10-30-13-2-4-16(23)18(25)6-13/h1-6,11,14H,7-10H2,(H,26,29)(H,27,28). The minimum atomic E-state index is -0.606. The third-order valence-corrected chi connectivity index (χ3v) is 6.62. The molecule has 10 heteroatoms. The lowest BCUT2D eigenvalue weighted by atomic mass is 9.81. The maximum atomic E-state index is 13.4. The highest BCUT2D eigenvalue weighted by Crippen LogP contribution is 2.63. The molecule has 0 aliphatic heterocycles. The molecule has 2 aliphatic rings. The molecule has 3 unspecified atom stereocenters. The summed E-state index contributed by atoms with van der Waals surface area (Å²) in [6.45, 7) is 0.0404. The van der Waals surface area contributed by atoms with Gasteiger partial charge in [-0.25, -0.2) is 9.18 Å². The van der Waals surface area contributed by atoms with Crippen LogP contribution >= 0.6 is 34.8 Å². The summed E-state index contributed by atoms with van der Waals surface area (Å²) in [6, 6.07) is 8.75. The summed E-state index contributed by atoms with van der Waals surface area (Å²) in [7, 11) is 0. The van der Waals surface area contributed by atoms with E-state index >= 15 is 0 Å². The van der Waals surface area contributed by atoms with Crippen LogP contribution in [0.1, 0.15) is 12.8 Å². The second-order valence-corrected chi connectivity index (χ2v) is 8.92. The van der Waals surface area contributed by atoms with Crippen LogP contribution in [0.25, 0.3) is 0 Å². The summed E-state index contributed by atoms with van der Waals surface area (Å²) >= 11 is 17.4. The van der Waals surface area contributed by atoms with E-state index in [2.05, 4.69) is 10.6 Å². The molecule has 2 aromatic carbocycles. The number of nitrogens with one attached hydrogen (secondary N) is 2. The second kappa shape index (κ2) is 8.73. The molecule has 0 bridgehead atoms. The van der Waals surface area contributed by atoms with Crippen LogP contribution < -0.4 is 15.4 Å². The summed E-state index contributed by atoms with van der Waals surface area (Å²) in [5.41, 5.74) is 0.237. The van der Waals surface area contributed by atoms with Gasteiger partial charge in [-0.3, -0.25) is 10.1 Å². The molecule has 2 N–H and O–H groups in total. The third-order valence-electron chi connectivity index (χ3n) is 5.57. The van der Waals surface area contributed by atoms with Gasteiger partial charge >= 0.3 is 6.09 Å². The van der Waals surface area contributed by atoms with Gasteiger partial charge in [-0.2, -0.15) is 0 Å². The molecule has 0 spiro atoms. The first kappa shape index (κ1) is 22.0. The topological polar surface area (TPSA) is 76.7 Å². The highest BCUT2D eigenvalue weighted by Gasteiger charge is 2.68. The van der Waals surface area contributed by atoms with Crippen molar-refractivity contribution < 1.29 is 23.5 Å². The monoisotopic (exact) mass is 486 g/mol. The van der Waals surface area contributed by atoms with Crippen molar-refractivity contribution in [2.75, 3.05) is 18.5 Å². The van der Waals surface area contributed by atoms with E-state index in [0.717, 1.165) is 18.9 Å². The number of hydrogen-bond acceptors (Lipinski definition) is 4.